The summed E-state index contributed by atoms with van der Waals surface area (Å²) in [7, 11) is 0. The summed E-state index contributed by atoms with van der Waals surface area (Å²) in [6.07, 6.45) is 1.51. The Bertz CT molecular complexity index is 1000. The Labute approximate surface area is 147 Å². The van der Waals surface area contributed by atoms with Crippen LogP contribution >= 0.6 is 11.8 Å². The molecular formula is C17H17N3O4S. The van der Waals surface area contributed by atoms with E-state index in [0.717, 1.165) is 0 Å². The summed E-state index contributed by atoms with van der Waals surface area (Å²) in [5, 5.41) is 5.04. The molecule has 0 radical (unpaired) electrons. The maximum absolute atomic E-state index is 12.4. The molecule has 3 rings (SSSR count). The van der Waals surface area contributed by atoms with Crippen LogP contribution in [0.15, 0.2) is 21.8 Å². The van der Waals surface area contributed by atoms with Crippen molar-refractivity contribution >= 4 is 41.0 Å². The Morgan fingerprint density at radius 2 is 2.12 bits per heavy atom. The highest BCUT2D eigenvalue weighted by Gasteiger charge is 2.22. The zero-order chi connectivity index (χ0) is 18.1. The number of H-pyrrole nitrogens is 1. The van der Waals surface area contributed by atoms with Crippen molar-refractivity contribution in [2.45, 2.75) is 20.8 Å². The fourth-order valence-electron chi connectivity index (χ4n) is 2.71. The monoisotopic (exact) mass is 359 g/mol. The number of hydrogen-bond donors (Lipinski definition) is 2. The van der Waals surface area contributed by atoms with Crippen molar-refractivity contribution in [1.29, 1.82) is 0 Å². The Hall–Kier alpha value is -2.74. The number of Topliss-reactive ketones (excluding diaryl/α,β-unsaturated/α-hetero) is 2. The molecule has 0 saturated carbocycles. The van der Waals surface area contributed by atoms with Crippen LogP contribution in [0.1, 0.15) is 39.0 Å². The molecule has 2 aromatic rings. The van der Waals surface area contributed by atoms with Gasteiger partial charge in [-0.25, -0.2) is 5.43 Å². The van der Waals surface area contributed by atoms with Crippen molar-refractivity contribution < 1.29 is 18.7 Å². The number of nitrogens with zero attached hydrogens (tertiary/aromatic N) is 1. The van der Waals surface area contributed by atoms with Crippen LogP contribution in [0.4, 0.5) is 0 Å². The van der Waals surface area contributed by atoms with Gasteiger partial charge in [0.15, 0.2) is 11.6 Å². The van der Waals surface area contributed by atoms with Gasteiger partial charge in [0.05, 0.1) is 22.9 Å². The van der Waals surface area contributed by atoms with E-state index in [1.165, 1.54) is 24.9 Å². The van der Waals surface area contributed by atoms with Gasteiger partial charge in [0.25, 0.3) is 5.23 Å². The van der Waals surface area contributed by atoms with Gasteiger partial charge >= 0.3 is 0 Å². The van der Waals surface area contributed by atoms with Crippen LogP contribution in [-0.4, -0.2) is 27.5 Å². The number of carbonyl (C=O) groups is 2. The van der Waals surface area contributed by atoms with Gasteiger partial charge in [-0.2, -0.15) is 0 Å². The molecule has 8 heteroatoms. The van der Waals surface area contributed by atoms with Gasteiger partial charge in [0.1, 0.15) is 5.42 Å². The lowest BCUT2D eigenvalue weighted by atomic mass is 10.1. The van der Waals surface area contributed by atoms with E-state index in [-0.39, 0.29) is 17.3 Å². The Morgan fingerprint density at radius 3 is 2.72 bits per heavy atom. The molecular weight excluding hydrogens is 342 g/mol. The third-order valence-corrected chi connectivity index (χ3v) is 4.65. The Kier molecular flexibility index (Phi) is 4.54. The summed E-state index contributed by atoms with van der Waals surface area (Å²) >= 11 is 1.17. The van der Waals surface area contributed by atoms with E-state index in [0.29, 0.717) is 44.3 Å². The number of rotatable bonds is 4. The standard InChI is InChI=1S/C17H17N3O4S/c1-8-14(10(3)21)9(2)18-15(8)13(22)7-25-17-20-19-16(24-17)12-5-6-23-11(12)4/h5-6,18-19H,4,7H2,1-3H3. The number of nitrogens with one attached hydrogen (secondary N) is 2. The number of thioether (sulfide) groups is 1. The van der Waals surface area contributed by atoms with Gasteiger partial charge in [-0.15, -0.1) is 5.10 Å². The van der Waals surface area contributed by atoms with Crippen molar-refractivity contribution in [3.05, 3.63) is 45.5 Å². The van der Waals surface area contributed by atoms with Gasteiger partial charge in [-0.1, -0.05) is 18.3 Å². The third-order valence-electron chi connectivity index (χ3n) is 3.82. The maximum Gasteiger partial charge on any atom is 0.274 e. The van der Waals surface area contributed by atoms with E-state index >= 15 is 0 Å². The zero-order valence-corrected chi connectivity index (χ0v) is 14.9. The first kappa shape index (κ1) is 17.1. The van der Waals surface area contributed by atoms with E-state index < -0.39 is 0 Å². The molecule has 25 heavy (non-hydrogen) atoms. The molecule has 3 heterocycles. The van der Waals surface area contributed by atoms with Crippen LogP contribution in [0.2, 0.25) is 0 Å². The number of hydrogen-bond acceptors (Lipinski definition) is 7. The summed E-state index contributed by atoms with van der Waals surface area (Å²) in [6.45, 7) is 8.79. The number of ether oxygens (including phenoxy) is 1. The zero-order valence-electron chi connectivity index (χ0n) is 14.1. The molecule has 1 aliphatic heterocycles. The Morgan fingerprint density at radius 1 is 1.36 bits per heavy atom. The summed E-state index contributed by atoms with van der Waals surface area (Å²) in [5.74, 6) is 0.363. The normalized spacial score (nSPS) is 15.6. The molecule has 0 saturated heterocycles. The average Bonchev–Trinajstić information content (AvgIpc) is 3.24. The molecule has 7 nitrogen and oxygen atoms in total. The van der Waals surface area contributed by atoms with Crippen LogP contribution < -0.4 is 16.1 Å². The van der Waals surface area contributed by atoms with Crippen LogP contribution in [0.25, 0.3) is 12.5 Å². The van der Waals surface area contributed by atoms with Crippen molar-refractivity contribution in [2.24, 2.45) is 5.10 Å². The lowest BCUT2D eigenvalue weighted by Crippen LogP contribution is -2.25. The first-order chi connectivity index (χ1) is 11.9. The number of carbonyl (C=O) groups excluding carboxylic acids is 2. The fraction of sp³-hybridized carbons (Fsp3) is 0.235. The largest absolute Gasteiger partial charge is 0.465 e. The van der Waals surface area contributed by atoms with Crippen molar-refractivity contribution in [3.8, 4) is 0 Å². The van der Waals surface area contributed by atoms with Gasteiger partial charge in [0, 0.05) is 11.3 Å². The lowest BCUT2D eigenvalue weighted by Gasteiger charge is -2.01. The average molecular weight is 359 g/mol. The van der Waals surface area contributed by atoms with Crippen molar-refractivity contribution in [3.63, 3.8) is 0 Å². The molecule has 0 atom stereocenters. The highest BCUT2D eigenvalue weighted by Crippen LogP contribution is 2.21. The molecule has 0 amide bonds. The predicted molar refractivity (Wildman–Crippen MR) is 95.6 cm³/mol. The molecule has 1 aliphatic rings. The van der Waals surface area contributed by atoms with Crippen LogP contribution in [-0.2, 0) is 4.74 Å². The summed E-state index contributed by atoms with van der Waals surface area (Å²) < 4.78 is 10.7. The van der Waals surface area contributed by atoms with E-state index in [9.17, 15) is 9.59 Å². The van der Waals surface area contributed by atoms with Gasteiger partial charge in [-0.05, 0) is 32.4 Å². The topological polar surface area (TPSA) is 96.7 Å². The number of hydrazone groups is 1. The minimum Gasteiger partial charge on any atom is -0.465 e. The molecule has 130 valence electrons. The van der Waals surface area contributed by atoms with Crippen molar-refractivity contribution in [2.75, 3.05) is 5.75 Å². The van der Waals surface area contributed by atoms with Crippen molar-refractivity contribution in [1.82, 2.24) is 10.4 Å². The SMILES string of the molecule is C=c1occc1=C1NN=C(SCC(=O)c2[nH]c(C)c(C(C)=O)c2C)O1. The van der Waals surface area contributed by atoms with Crippen LogP contribution in [0, 0.1) is 13.8 Å². The molecule has 0 aromatic carbocycles. The van der Waals surface area contributed by atoms with E-state index in [2.05, 4.69) is 22.1 Å². The Balaban J connectivity index is 1.69. The number of aromatic amines is 1. The second-order valence-corrected chi connectivity index (χ2v) is 6.50. The summed E-state index contributed by atoms with van der Waals surface area (Å²) in [4.78, 5) is 27.1. The van der Waals surface area contributed by atoms with Gasteiger partial charge < -0.3 is 14.1 Å². The first-order valence-electron chi connectivity index (χ1n) is 7.53. The summed E-state index contributed by atoms with van der Waals surface area (Å²) in [6, 6.07) is 1.72. The third kappa shape index (κ3) is 3.25. The van der Waals surface area contributed by atoms with Gasteiger partial charge in [-0.3, -0.25) is 9.59 Å². The molecule has 2 N–H and O–H groups in total. The molecule has 0 aliphatic carbocycles. The van der Waals surface area contributed by atoms with E-state index in [1.54, 1.807) is 19.9 Å². The van der Waals surface area contributed by atoms with E-state index in [1.807, 2.05) is 0 Å². The number of aryl methyl sites for hydroxylation is 1. The highest BCUT2D eigenvalue weighted by atomic mass is 32.2. The number of furan rings is 1. The maximum atomic E-state index is 12.4. The number of aromatic nitrogens is 1. The minimum atomic E-state index is -0.126. The number of ketones is 2. The van der Waals surface area contributed by atoms with Crippen LogP contribution in [0.5, 0.6) is 0 Å². The quantitative estimate of drug-likeness (QED) is 0.801. The van der Waals surface area contributed by atoms with E-state index in [4.69, 9.17) is 9.15 Å². The lowest BCUT2D eigenvalue weighted by molar-refractivity contribution is 0.101. The molecule has 0 unspecified atom stereocenters. The smallest absolute Gasteiger partial charge is 0.274 e. The van der Waals surface area contributed by atoms with Gasteiger partial charge in [0.2, 0.25) is 5.88 Å². The second kappa shape index (κ2) is 6.64. The molecule has 0 fully saturated rings. The highest BCUT2D eigenvalue weighted by molar-refractivity contribution is 8.14. The molecule has 2 aromatic heterocycles. The van der Waals surface area contributed by atoms with Crippen LogP contribution in [0.3, 0.4) is 0 Å². The first-order valence-corrected chi connectivity index (χ1v) is 8.51. The predicted octanol–water partition coefficient (Wildman–Crippen LogP) is 1.41. The second-order valence-electron chi connectivity index (χ2n) is 5.57. The minimum absolute atomic E-state index is 0.0611. The molecule has 0 bridgehead atoms. The summed E-state index contributed by atoms with van der Waals surface area (Å²) in [5.41, 5.74) is 5.61. The fourth-order valence-corrected chi connectivity index (χ4v) is 3.36. The molecule has 0 spiro atoms.